The van der Waals surface area contributed by atoms with Gasteiger partial charge in [0.05, 0.1) is 5.69 Å². The summed E-state index contributed by atoms with van der Waals surface area (Å²) in [6.45, 7) is 2.61. The molecule has 0 amide bonds. The molecule has 0 bridgehead atoms. The molecule has 0 saturated carbocycles. The minimum absolute atomic E-state index is 0.0107. The smallest absolute Gasteiger partial charge is 0.151 e. The summed E-state index contributed by atoms with van der Waals surface area (Å²) in [5, 5.41) is 9.62. The number of nitrogens with two attached hydrogens (primary N) is 1. The van der Waals surface area contributed by atoms with Crippen LogP contribution in [0.15, 0.2) is 24.3 Å². The number of hydrogen-bond donors (Lipinski definition) is 1. The first-order valence-corrected chi connectivity index (χ1v) is 9.40. The van der Waals surface area contributed by atoms with Gasteiger partial charge in [0.25, 0.3) is 0 Å². The van der Waals surface area contributed by atoms with Crippen molar-refractivity contribution in [3.63, 3.8) is 0 Å². The summed E-state index contributed by atoms with van der Waals surface area (Å²) in [4.78, 5) is 2.33. The molecule has 132 valence electrons. The molecule has 1 aromatic heterocycles. The topological polar surface area (TPSA) is 64.3 Å². The molecule has 1 saturated heterocycles. The lowest BCUT2D eigenvalue weighted by Gasteiger charge is -2.20. The van der Waals surface area contributed by atoms with Gasteiger partial charge < -0.3 is 15.4 Å². The number of ether oxygens (including phenoxy) is 1. The molecule has 25 heavy (non-hydrogen) atoms. The monoisotopic (exact) mass is 358 g/mol. The number of hydrogen-bond acceptors (Lipinski definition) is 5. The summed E-state index contributed by atoms with van der Waals surface area (Å²) in [5.74, 6) is 1.79. The number of rotatable bonds is 3. The molecule has 5 nitrogen and oxygen atoms in total. The zero-order chi connectivity index (χ0) is 17.2. The van der Waals surface area contributed by atoms with Gasteiger partial charge >= 0.3 is 0 Å². The molecule has 0 radical (unpaired) electrons. The molecular weight excluding hydrogens is 336 g/mol. The van der Waals surface area contributed by atoms with Gasteiger partial charge in [-0.05, 0) is 37.1 Å². The predicted octanol–water partition coefficient (Wildman–Crippen LogP) is 3.44. The minimum Gasteiger partial charge on any atom is -0.488 e. The molecule has 2 N–H and O–H groups in total. The van der Waals surface area contributed by atoms with Gasteiger partial charge in [-0.2, -0.15) is 0 Å². The van der Waals surface area contributed by atoms with Crippen LogP contribution in [-0.4, -0.2) is 35.9 Å². The lowest BCUT2D eigenvalue weighted by Crippen LogP contribution is -2.25. The highest BCUT2D eigenvalue weighted by molar-refractivity contribution is 6.31. The van der Waals surface area contributed by atoms with Gasteiger partial charge in [-0.3, -0.25) is 0 Å². The maximum atomic E-state index is 6.30. The molecule has 1 aromatic carbocycles. The van der Waals surface area contributed by atoms with E-state index in [1.807, 2.05) is 18.2 Å². The van der Waals surface area contributed by atoms with Crippen molar-refractivity contribution < 1.29 is 4.74 Å². The Balaban J connectivity index is 1.63. The molecule has 1 fully saturated rings. The van der Waals surface area contributed by atoms with Crippen molar-refractivity contribution in [2.45, 2.75) is 38.2 Å². The fraction of sp³-hybridized carbons (Fsp3) is 0.474. The third-order valence-corrected chi connectivity index (χ3v) is 5.20. The van der Waals surface area contributed by atoms with E-state index in [2.05, 4.69) is 21.2 Å². The number of nitrogens with zero attached hydrogens (tertiary/aromatic N) is 3. The highest BCUT2D eigenvalue weighted by Crippen LogP contribution is 2.40. The standard InChI is InChI=1S/C19H23ClN4O/c20-14-9-13-10-15(12-21)25-19(13)16(11-14)17-5-6-18(23-22-17)24-7-3-1-2-4-8-24/h5-6,9,11,15H,1-4,7-8,10,12,21H2. The Labute approximate surface area is 153 Å². The van der Waals surface area contributed by atoms with Crippen LogP contribution in [0.3, 0.4) is 0 Å². The second kappa shape index (κ2) is 7.18. The van der Waals surface area contributed by atoms with Crippen LogP contribution < -0.4 is 15.4 Å². The molecule has 3 heterocycles. The first kappa shape index (κ1) is 16.6. The van der Waals surface area contributed by atoms with Crippen molar-refractivity contribution in [1.82, 2.24) is 10.2 Å². The van der Waals surface area contributed by atoms with E-state index < -0.39 is 0 Å². The van der Waals surface area contributed by atoms with Crippen LogP contribution in [0.25, 0.3) is 11.3 Å². The van der Waals surface area contributed by atoms with Gasteiger partial charge in [0, 0.05) is 42.2 Å². The Bertz CT molecular complexity index is 742. The molecule has 2 aliphatic heterocycles. The van der Waals surface area contributed by atoms with Crippen molar-refractivity contribution >= 4 is 17.4 Å². The fourth-order valence-electron chi connectivity index (χ4n) is 3.65. The average molecular weight is 359 g/mol. The highest BCUT2D eigenvalue weighted by Gasteiger charge is 2.26. The third-order valence-electron chi connectivity index (χ3n) is 4.98. The summed E-state index contributed by atoms with van der Waals surface area (Å²) in [7, 11) is 0. The number of halogens is 1. The van der Waals surface area contributed by atoms with E-state index in [0.29, 0.717) is 11.6 Å². The fourth-order valence-corrected chi connectivity index (χ4v) is 3.89. The van der Waals surface area contributed by atoms with Crippen molar-refractivity contribution in [3.8, 4) is 17.0 Å². The maximum absolute atomic E-state index is 6.30. The largest absolute Gasteiger partial charge is 0.488 e. The Kier molecular flexibility index (Phi) is 4.77. The molecule has 2 aromatic rings. The van der Waals surface area contributed by atoms with Crippen LogP contribution in [-0.2, 0) is 6.42 Å². The summed E-state index contributed by atoms with van der Waals surface area (Å²) in [6.07, 6.45) is 5.85. The van der Waals surface area contributed by atoms with Crippen molar-refractivity contribution in [2.24, 2.45) is 5.73 Å². The minimum atomic E-state index is 0.0107. The van der Waals surface area contributed by atoms with E-state index in [-0.39, 0.29) is 6.10 Å². The Morgan fingerprint density at radius 2 is 1.92 bits per heavy atom. The van der Waals surface area contributed by atoms with E-state index in [1.165, 1.54) is 25.7 Å². The normalized spacial score (nSPS) is 20.1. The summed E-state index contributed by atoms with van der Waals surface area (Å²) >= 11 is 6.30. The molecular formula is C19H23ClN4O. The molecule has 4 rings (SSSR count). The molecule has 0 spiro atoms. The molecule has 2 aliphatic rings. The van der Waals surface area contributed by atoms with Gasteiger partial charge in [-0.25, -0.2) is 0 Å². The Morgan fingerprint density at radius 3 is 2.60 bits per heavy atom. The van der Waals surface area contributed by atoms with Gasteiger partial charge in [0.1, 0.15) is 11.9 Å². The average Bonchev–Trinajstić information content (AvgIpc) is 2.86. The van der Waals surface area contributed by atoms with Crippen molar-refractivity contribution in [1.29, 1.82) is 0 Å². The molecule has 1 unspecified atom stereocenters. The van der Waals surface area contributed by atoms with Crippen LogP contribution in [0.4, 0.5) is 5.82 Å². The van der Waals surface area contributed by atoms with Crippen LogP contribution in [0.2, 0.25) is 5.02 Å². The summed E-state index contributed by atoms with van der Waals surface area (Å²) in [5.41, 5.74) is 8.54. The van der Waals surface area contributed by atoms with Crippen molar-refractivity contribution in [2.75, 3.05) is 24.5 Å². The van der Waals surface area contributed by atoms with E-state index in [9.17, 15) is 0 Å². The summed E-state index contributed by atoms with van der Waals surface area (Å²) in [6, 6.07) is 7.92. The summed E-state index contributed by atoms with van der Waals surface area (Å²) < 4.78 is 6.00. The van der Waals surface area contributed by atoms with Gasteiger partial charge in [0.2, 0.25) is 0 Å². The molecule has 0 aliphatic carbocycles. The Morgan fingerprint density at radius 1 is 1.12 bits per heavy atom. The predicted molar refractivity (Wildman–Crippen MR) is 100 cm³/mol. The number of anilines is 1. The van der Waals surface area contributed by atoms with Crippen LogP contribution in [0.1, 0.15) is 31.2 Å². The van der Waals surface area contributed by atoms with E-state index in [1.54, 1.807) is 0 Å². The van der Waals surface area contributed by atoms with Crippen LogP contribution >= 0.6 is 11.6 Å². The number of aromatic nitrogens is 2. The molecule has 6 heteroatoms. The lowest BCUT2D eigenvalue weighted by atomic mass is 10.0. The van der Waals surface area contributed by atoms with Crippen molar-refractivity contribution in [3.05, 3.63) is 34.9 Å². The second-order valence-corrected chi connectivity index (χ2v) is 7.24. The quantitative estimate of drug-likeness (QED) is 0.910. The van der Waals surface area contributed by atoms with Crippen LogP contribution in [0.5, 0.6) is 5.75 Å². The number of fused-ring (bicyclic) bond motifs is 1. The third kappa shape index (κ3) is 3.44. The van der Waals surface area contributed by atoms with E-state index in [4.69, 9.17) is 22.1 Å². The first-order valence-electron chi connectivity index (χ1n) is 9.03. The SMILES string of the molecule is NCC1Cc2cc(Cl)cc(-c3ccc(N4CCCCCC4)nn3)c2O1. The van der Waals surface area contributed by atoms with Gasteiger partial charge in [-0.1, -0.05) is 24.4 Å². The highest BCUT2D eigenvalue weighted by atomic mass is 35.5. The zero-order valence-corrected chi connectivity index (χ0v) is 15.0. The van der Waals surface area contributed by atoms with E-state index in [0.717, 1.165) is 47.9 Å². The Hall–Kier alpha value is -1.85. The second-order valence-electron chi connectivity index (χ2n) is 6.80. The first-order chi connectivity index (χ1) is 12.2. The number of benzene rings is 1. The molecule has 1 atom stereocenters. The maximum Gasteiger partial charge on any atom is 0.151 e. The lowest BCUT2D eigenvalue weighted by molar-refractivity contribution is 0.242. The van der Waals surface area contributed by atoms with E-state index >= 15 is 0 Å². The zero-order valence-electron chi connectivity index (χ0n) is 14.2. The van der Waals surface area contributed by atoms with Gasteiger partial charge in [0.15, 0.2) is 5.82 Å². The van der Waals surface area contributed by atoms with Gasteiger partial charge in [-0.15, -0.1) is 10.2 Å². The van der Waals surface area contributed by atoms with Crippen LogP contribution in [0, 0.1) is 0 Å².